The molecule has 0 amide bonds. The number of aromatic nitrogens is 1. The first-order valence-electron chi connectivity index (χ1n) is 8.42. The summed E-state index contributed by atoms with van der Waals surface area (Å²) in [4.78, 5) is 28.6. The van der Waals surface area contributed by atoms with Gasteiger partial charge in [-0.1, -0.05) is 41.9 Å². The van der Waals surface area contributed by atoms with Crippen molar-refractivity contribution in [3.8, 4) is 0 Å². The van der Waals surface area contributed by atoms with Crippen LogP contribution >= 0.6 is 11.6 Å². The van der Waals surface area contributed by atoms with Crippen molar-refractivity contribution in [2.24, 2.45) is 0 Å². The third kappa shape index (κ3) is 3.75. The number of ketones is 1. The summed E-state index contributed by atoms with van der Waals surface area (Å²) in [6.45, 7) is 3.48. The molecule has 2 N–H and O–H groups in total. The smallest absolute Gasteiger partial charge is 0.369 e. The Bertz CT molecular complexity index is 1110. The quantitative estimate of drug-likeness (QED) is 0.579. The molecule has 3 aromatic rings. The molecule has 4 nitrogen and oxygen atoms in total. The van der Waals surface area contributed by atoms with Gasteiger partial charge in [0, 0.05) is 22.0 Å². The number of aromatic amines is 1. The minimum Gasteiger partial charge on any atom is -0.369 e. The van der Waals surface area contributed by atoms with Crippen LogP contribution in [0.5, 0.6) is 0 Å². The monoisotopic (exact) mass is 408 g/mol. The number of pyridine rings is 1. The molecule has 146 valence electrons. The highest BCUT2D eigenvalue weighted by molar-refractivity contribution is 6.31. The highest BCUT2D eigenvalue weighted by Gasteiger charge is 2.35. The summed E-state index contributed by atoms with van der Waals surface area (Å²) >= 11 is 5.82. The topological polar surface area (TPSA) is 62.0 Å². The Morgan fingerprint density at radius 3 is 2.36 bits per heavy atom. The van der Waals surface area contributed by atoms with Crippen molar-refractivity contribution in [1.82, 2.24) is 4.98 Å². The van der Waals surface area contributed by atoms with Crippen molar-refractivity contribution in [1.29, 1.82) is 0 Å². The van der Waals surface area contributed by atoms with Crippen molar-refractivity contribution >= 4 is 34.1 Å². The summed E-state index contributed by atoms with van der Waals surface area (Å²) in [6.07, 6.45) is -4.73. The third-order valence-electron chi connectivity index (χ3n) is 4.08. The van der Waals surface area contributed by atoms with Crippen molar-refractivity contribution in [3.63, 3.8) is 0 Å². The second-order valence-electron chi connectivity index (χ2n) is 6.57. The Morgan fingerprint density at radius 1 is 1.14 bits per heavy atom. The summed E-state index contributed by atoms with van der Waals surface area (Å²) in [5.74, 6) is -0.658. The van der Waals surface area contributed by atoms with E-state index in [0.29, 0.717) is 0 Å². The molecule has 0 saturated heterocycles. The summed E-state index contributed by atoms with van der Waals surface area (Å²) < 4.78 is 40.4. The van der Waals surface area contributed by atoms with Gasteiger partial charge >= 0.3 is 6.18 Å². The molecular formula is C20H16ClF3N2O2. The van der Waals surface area contributed by atoms with E-state index in [1.807, 2.05) is 0 Å². The van der Waals surface area contributed by atoms with Gasteiger partial charge in [-0.2, -0.15) is 13.2 Å². The maximum atomic E-state index is 13.5. The molecule has 0 aliphatic heterocycles. The van der Waals surface area contributed by atoms with Crippen molar-refractivity contribution in [2.45, 2.75) is 26.1 Å². The summed E-state index contributed by atoms with van der Waals surface area (Å²) in [7, 11) is 0. The first-order valence-corrected chi connectivity index (χ1v) is 8.80. The highest BCUT2D eigenvalue weighted by atomic mass is 35.5. The number of halogens is 4. The Morgan fingerprint density at radius 2 is 1.79 bits per heavy atom. The van der Waals surface area contributed by atoms with Crippen LogP contribution in [0.4, 0.5) is 19.0 Å². The summed E-state index contributed by atoms with van der Waals surface area (Å²) in [6, 6.07) is 9.69. The van der Waals surface area contributed by atoms with Crippen LogP contribution in [0.1, 0.15) is 35.3 Å². The van der Waals surface area contributed by atoms with Crippen LogP contribution in [0, 0.1) is 0 Å². The maximum absolute atomic E-state index is 13.5. The molecule has 8 heteroatoms. The lowest BCUT2D eigenvalue weighted by atomic mass is 9.99. The number of fused-ring (bicyclic) bond motifs is 1. The summed E-state index contributed by atoms with van der Waals surface area (Å²) in [5.41, 5.74) is -2.33. The van der Waals surface area contributed by atoms with Crippen LogP contribution in [0.2, 0.25) is 5.02 Å². The second kappa shape index (κ2) is 7.31. The van der Waals surface area contributed by atoms with Gasteiger partial charge in [0.15, 0.2) is 0 Å². The number of rotatable bonds is 4. The Labute approximate surface area is 163 Å². The van der Waals surface area contributed by atoms with E-state index in [1.54, 1.807) is 32.0 Å². The molecule has 28 heavy (non-hydrogen) atoms. The van der Waals surface area contributed by atoms with Gasteiger partial charge in [0.05, 0.1) is 11.1 Å². The van der Waals surface area contributed by atoms with Crippen LogP contribution in [-0.2, 0) is 6.18 Å². The predicted octanol–water partition coefficient (Wildman–Crippen LogP) is 5.25. The standard InChI is InChI=1S/C20H16ClF3N2O2/c1-10(2)25-19-15(17(27)11-6-4-3-5-7-11)18(28)13-8-12(21)9-14(16(13)26-19)20(22,23)24/h3-10H,1-2H3,(H2,25,26,28). The van der Waals surface area contributed by atoms with Crippen LogP contribution in [0.25, 0.3) is 10.9 Å². The predicted molar refractivity (Wildman–Crippen MR) is 103 cm³/mol. The zero-order valence-corrected chi connectivity index (χ0v) is 15.7. The van der Waals surface area contributed by atoms with E-state index >= 15 is 0 Å². The number of H-pyrrole nitrogens is 1. The first-order chi connectivity index (χ1) is 13.1. The molecule has 0 aliphatic carbocycles. The van der Waals surface area contributed by atoms with Crippen LogP contribution < -0.4 is 10.7 Å². The lowest BCUT2D eigenvalue weighted by Gasteiger charge is -2.17. The fraction of sp³-hybridized carbons (Fsp3) is 0.200. The van der Waals surface area contributed by atoms with Crippen LogP contribution in [0.3, 0.4) is 0 Å². The van der Waals surface area contributed by atoms with Crippen LogP contribution in [-0.4, -0.2) is 16.8 Å². The number of hydrogen-bond acceptors (Lipinski definition) is 3. The maximum Gasteiger partial charge on any atom is 0.418 e. The van der Waals surface area contributed by atoms with Crippen molar-refractivity contribution in [3.05, 3.63) is 74.4 Å². The molecule has 1 heterocycles. The molecule has 0 saturated carbocycles. The van der Waals surface area contributed by atoms with E-state index in [4.69, 9.17) is 11.6 Å². The minimum atomic E-state index is -4.73. The molecular weight excluding hydrogens is 393 g/mol. The molecule has 0 bridgehead atoms. The van der Waals surface area contributed by atoms with Crippen LogP contribution in [0.15, 0.2) is 47.3 Å². The van der Waals surface area contributed by atoms with E-state index in [9.17, 15) is 22.8 Å². The fourth-order valence-corrected chi connectivity index (χ4v) is 3.15. The molecule has 2 aromatic carbocycles. The van der Waals surface area contributed by atoms with E-state index in [1.165, 1.54) is 12.1 Å². The molecule has 0 spiro atoms. The molecule has 0 radical (unpaired) electrons. The van der Waals surface area contributed by atoms with E-state index in [-0.39, 0.29) is 33.4 Å². The Kier molecular flexibility index (Phi) is 5.21. The molecule has 3 rings (SSSR count). The van der Waals surface area contributed by atoms with Gasteiger partial charge in [-0.25, -0.2) is 0 Å². The number of carbonyl (C=O) groups excluding carboxylic acids is 1. The zero-order chi connectivity index (χ0) is 20.6. The lowest BCUT2D eigenvalue weighted by molar-refractivity contribution is -0.136. The molecule has 0 fully saturated rings. The number of benzene rings is 2. The van der Waals surface area contributed by atoms with E-state index < -0.39 is 28.5 Å². The molecule has 0 aliphatic rings. The van der Waals surface area contributed by atoms with Gasteiger partial charge in [-0.3, -0.25) is 9.59 Å². The number of anilines is 1. The Hall–Kier alpha value is -2.80. The van der Waals surface area contributed by atoms with Gasteiger partial charge in [-0.15, -0.1) is 0 Å². The lowest BCUT2D eigenvalue weighted by Crippen LogP contribution is -2.24. The van der Waals surface area contributed by atoms with Crippen molar-refractivity contribution in [2.75, 3.05) is 5.32 Å². The highest BCUT2D eigenvalue weighted by Crippen LogP contribution is 2.36. The van der Waals surface area contributed by atoms with Gasteiger partial charge < -0.3 is 10.3 Å². The number of carbonyl (C=O) groups is 1. The first kappa shape index (κ1) is 19.9. The van der Waals surface area contributed by atoms with E-state index in [0.717, 1.165) is 12.1 Å². The third-order valence-corrected chi connectivity index (χ3v) is 4.29. The van der Waals surface area contributed by atoms with Gasteiger partial charge in [0.2, 0.25) is 11.2 Å². The number of hydrogen-bond donors (Lipinski definition) is 2. The van der Waals surface area contributed by atoms with E-state index in [2.05, 4.69) is 10.3 Å². The fourth-order valence-electron chi connectivity index (χ4n) is 2.93. The Balaban J connectivity index is 2.39. The number of alkyl halides is 3. The van der Waals surface area contributed by atoms with Crippen molar-refractivity contribution < 1.29 is 18.0 Å². The molecule has 0 unspecified atom stereocenters. The van der Waals surface area contributed by atoms with Gasteiger partial charge in [0.25, 0.3) is 0 Å². The molecule has 1 aromatic heterocycles. The average Bonchev–Trinajstić information content (AvgIpc) is 2.61. The summed E-state index contributed by atoms with van der Waals surface area (Å²) in [5, 5.41) is 2.33. The van der Waals surface area contributed by atoms with Gasteiger partial charge in [-0.05, 0) is 26.0 Å². The number of nitrogens with one attached hydrogen (secondary N) is 2. The molecule has 0 atom stereocenters. The largest absolute Gasteiger partial charge is 0.418 e. The SMILES string of the molecule is CC(C)Nc1[nH]c2c(C(F)(F)F)cc(Cl)cc2c(=O)c1C(=O)c1ccccc1. The van der Waals surface area contributed by atoms with Gasteiger partial charge in [0.1, 0.15) is 11.4 Å². The minimum absolute atomic E-state index is 0.0609. The normalized spacial score (nSPS) is 11.8. The second-order valence-corrected chi connectivity index (χ2v) is 7.01. The zero-order valence-electron chi connectivity index (χ0n) is 14.9. The average molecular weight is 409 g/mol.